The van der Waals surface area contributed by atoms with Gasteiger partial charge in [-0.2, -0.15) is 0 Å². The molecule has 1 amide bonds. The zero-order valence-corrected chi connectivity index (χ0v) is 16.9. The first-order valence-corrected chi connectivity index (χ1v) is 8.94. The quantitative estimate of drug-likeness (QED) is 0.672. The first-order chi connectivity index (χ1) is 10.9. The molecular weight excluding hydrogens is 305 g/mol. The molecule has 138 valence electrons. The maximum absolute atomic E-state index is 12.1. The smallest absolute Gasteiger partial charge is 0.444 e. The van der Waals surface area contributed by atoms with E-state index in [4.69, 9.17) is 14.0 Å². The Bertz CT molecular complexity index is 464. The first kappa shape index (κ1) is 21.0. The third kappa shape index (κ3) is 4.99. The lowest BCUT2D eigenvalue weighted by atomic mass is 9.75. The van der Waals surface area contributed by atoms with Crippen molar-refractivity contribution in [1.82, 2.24) is 4.90 Å². The molecule has 0 N–H and O–H groups in total. The van der Waals surface area contributed by atoms with E-state index in [0.29, 0.717) is 13.1 Å². The summed E-state index contributed by atoms with van der Waals surface area (Å²) in [7, 11) is -0.314. The summed E-state index contributed by atoms with van der Waals surface area (Å²) in [6, 6.07) is 0. The zero-order chi connectivity index (χ0) is 18.8. The van der Waals surface area contributed by atoms with E-state index < -0.39 is 5.60 Å². The van der Waals surface area contributed by atoms with Crippen molar-refractivity contribution in [2.45, 2.75) is 85.5 Å². The molecule has 1 saturated heterocycles. The van der Waals surface area contributed by atoms with Crippen LogP contribution in [0.3, 0.4) is 0 Å². The van der Waals surface area contributed by atoms with E-state index in [2.05, 4.69) is 0 Å². The van der Waals surface area contributed by atoms with Crippen LogP contribution in [0.15, 0.2) is 11.5 Å². The predicted octanol–water partition coefficient (Wildman–Crippen LogP) is 4.21. The number of ether oxygens (including phenoxy) is 1. The van der Waals surface area contributed by atoms with E-state index in [1.165, 1.54) is 0 Å². The molecule has 0 aromatic heterocycles. The van der Waals surface area contributed by atoms with E-state index in [9.17, 15) is 4.79 Å². The highest BCUT2D eigenvalue weighted by atomic mass is 16.7. The summed E-state index contributed by atoms with van der Waals surface area (Å²) in [4.78, 5) is 13.8. The first-order valence-electron chi connectivity index (χ1n) is 8.94. The Morgan fingerprint density at radius 2 is 1.67 bits per heavy atom. The second kappa shape index (κ2) is 7.48. The normalized spacial score (nSPS) is 22.5. The van der Waals surface area contributed by atoms with Crippen LogP contribution in [0.25, 0.3) is 0 Å². The summed E-state index contributed by atoms with van der Waals surface area (Å²) in [5.74, 6) is 0. The van der Waals surface area contributed by atoms with Crippen LogP contribution in [0, 0.1) is 0 Å². The van der Waals surface area contributed by atoms with Crippen molar-refractivity contribution in [1.29, 1.82) is 0 Å². The van der Waals surface area contributed by atoms with E-state index in [1.807, 2.05) is 68.4 Å². The number of nitrogens with zero attached hydrogens (tertiary/aromatic N) is 1. The molecule has 24 heavy (non-hydrogen) atoms. The molecule has 0 radical (unpaired) electrons. The van der Waals surface area contributed by atoms with E-state index >= 15 is 0 Å². The Balaban J connectivity index is 0.00000139. The average Bonchev–Trinajstić information content (AvgIpc) is 2.68. The average molecular weight is 339 g/mol. The predicted molar refractivity (Wildman–Crippen MR) is 97.9 cm³/mol. The van der Waals surface area contributed by atoms with Gasteiger partial charge in [0.05, 0.1) is 11.2 Å². The Morgan fingerprint density at radius 1 is 1.17 bits per heavy atom. The molecule has 0 aromatic rings. The fraction of sp³-hybridized carbons (Fsp3) is 0.833. The summed E-state index contributed by atoms with van der Waals surface area (Å²) in [6.45, 7) is 19.0. The molecular formula is C18H34BNO4. The monoisotopic (exact) mass is 339 g/mol. The van der Waals surface area contributed by atoms with Crippen molar-refractivity contribution in [2.24, 2.45) is 0 Å². The Hall–Kier alpha value is -1.01. The van der Waals surface area contributed by atoms with Gasteiger partial charge in [-0.1, -0.05) is 19.9 Å². The van der Waals surface area contributed by atoms with Gasteiger partial charge in [0.15, 0.2) is 0 Å². The molecule has 2 aliphatic rings. The number of carbonyl (C=O) groups excluding carboxylic acids is 1. The lowest BCUT2D eigenvalue weighted by molar-refractivity contribution is 0.00578. The molecule has 2 heterocycles. The third-order valence-electron chi connectivity index (χ3n) is 4.45. The molecule has 5 nitrogen and oxygen atoms in total. The van der Waals surface area contributed by atoms with E-state index in [1.54, 1.807) is 4.90 Å². The van der Waals surface area contributed by atoms with Crippen LogP contribution in [-0.4, -0.2) is 48.0 Å². The van der Waals surface area contributed by atoms with Crippen molar-refractivity contribution in [3.8, 4) is 0 Å². The zero-order valence-electron chi connectivity index (χ0n) is 16.9. The highest BCUT2D eigenvalue weighted by Gasteiger charge is 2.52. The maximum atomic E-state index is 12.1. The largest absolute Gasteiger partial charge is 0.490 e. The minimum Gasteiger partial charge on any atom is -0.444 e. The lowest BCUT2D eigenvalue weighted by Gasteiger charge is -2.32. The SMILES string of the molecule is CC.CC(C)(C)OC(=O)N1CC=C(B2OC(C)(C)C(C)(C)O2)CC1. The molecule has 1 fully saturated rings. The molecule has 0 unspecified atom stereocenters. The molecule has 2 aliphatic heterocycles. The van der Waals surface area contributed by atoms with Gasteiger partial charge in [-0.15, -0.1) is 0 Å². The molecule has 0 aliphatic carbocycles. The minimum absolute atomic E-state index is 0.267. The summed E-state index contributed by atoms with van der Waals surface area (Å²) >= 11 is 0. The van der Waals surface area contributed by atoms with Crippen LogP contribution in [0.2, 0.25) is 0 Å². The van der Waals surface area contributed by atoms with Crippen molar-refractivity contribution >= 4 is 13.2 Å². The van der Waals surface area contributed by atoms with Gasteiger partial charge in [-0.25, -0.2) is 4.79 Å². The fourth-order valence-electron chi connectivity index (χ4n) is 2.39. The molecule has 0 spiro atoms. The van der Waals surface area contributed by atoms with Gasteiger partial charge in [0.1, 0.15) is 5.60 Å². The van der Waals surface area contributed by atoms with Gasteiger partial charge < -0.3 is 18.9 Å². The molecule has 2 rings (SSSR count). The summed E-state index contributed by atoms with van der Waals surface area (Å²) in [5, 5.41) is 0. The lowest BCUT2D eigenvalue weighted by Crippen LogP contribution is -2.41. The van der Waals surface area contributed by atoms with Crippen LogP contribution in [0.5, 0.6) is 0 Å². The van der Waals surface area contributed by atoms with Gasteiger partial charge in [-0.3, -0.25) is 0 Å². The number of carbonyl (C=O) groups is 1. The second-order valence-electron chi connectivity index (χ2n) is 8.04. The standard InChI is InChI=1S/C16H28BNO4.C2H6/c1-14(2,3)20-13(19)18-10-8-12(9-11-18)17-21-15(4,5)16(6,7)22-17;1-2/h8H,9-11H2,1-7H3;1-2H3. The summed E-state index contributed by atoms with van der Waals surface area (Å²) in [6.07, 6.45) is 2.50. The highest BCUT2D eigenvalue weighted by Crippen LogP contribution is 2.39. The van der Waals surface area contributed by atoms with Crippen LogP contribution in [0.4, 0.5) is 4.79 Å². The second-order valence-corrected chi connectivity index (χ2v) is 8.04. The van der Waals surface area contributed by atoms with E-state index in [-0.39, 0.29) is 24.4 Å². The van der Waals surface area contributed by atoms with Crippen LogP contribution in [0.1, 0.15) is 68.7 Å². The van der Waals surface area contributed by atoms with Crippen molar-refractivity contribution in [3.05, 3.63) is 11.5 Å². The molecule has 0 aromatic carbocycles. The fourth-order valence-corrected chi connectivity index (χ4v) is 2.39. The topological polar surface area (TPSA) is 48.0 Å². The molecule has 0 saturated carbocycles. The maximum Gasteiger partial charge on any atom is 0.490 e. The Morgan fingerprint density at radius 3 is 2.04 bits per heavy atom. The van der Waals surface area contributed by atoms with Crippen molar-refractivity contribution in [2.75, 3.05) is 13.1 Å². The molecule has 6 heteroatoms. The van der Waals surface area contributed by atoms with Gasteiger partial charge in [0, 0.05) is 13.1 Å². The van der Waals surface area contributed by atoms with Gasteiger partial charge in [0.2, 0.25) is 0 Å². The Labute approximate surface area is 147 Å². The van der Waals surface area contributed by atoms with Gasteiger partial charge in [-0.05, 0) is 60.4 Å². The number of amides is 1. The minimum atomic E-state index is -0.465. The number of rotatable bonds is 1. The highest BCUT2D eigenvalue weighted by molar-refractivity contribution is 6.54. The Kier molecular flexibility index (Phi) is 6.56. The van der Waals surface area contributed by atoms with Gasteiger partial charge in [0.25, 0.3) is 0 Å². The van der Waals surface area contributed by atoms with E-state index in [0.717, 1.165) is 11.9 Å². The molecule has 0 bridgehead atoms. The number of hydrogen-bond acceptors (Lipinski definition) is 4. The van der Waals surface area contributed by atoms with Crippen LogP contribution in [-0.2, 0) is 14.0 Å². The summed E-state index contributed by atoms with van der Waals surface area (Å²) < 4.78 is 17.5. The van der Waals surface area contributed by atoms with Crippen LogP contribution < -0.4 is 0 Å². The van der Waals surface area contributed by atoms with Crippen molar-refractivity contribution < 1.29 is 18.8 Å². The summed E-state index contributed by atoms with van der Waals surface area (Å²) in [5.41, 5.74) is -0.0209. The molecule has 0 atom stereocenters. The number of hydrogen-bond donors (Lipinski definition) is 0. The third-order valence-corrected chi connectivity index (χ3v) is 4.45. The van der Waals surface area contributed by atoms with Crippen LogP contribution >= 0.6 is 0 Å². The van der Waals surface area contributed by atoms with Crippen molar-refractivity contribution in [3.63, 3.8) is 0 Å². The van der Waals surface area contributed by atoms with Gasteiger partial charge >= 0.3 is 13.2 Å².